The number of fused-ring (bicyclic) bond motifs is 1. The van der Waals surface area contributed by atoms with Crippen LogP contribution in [0.15, 0.2) is 66.9 Å². The highest BCUT2D eigenvalue weighted by Gasteiger charge is 2.30. The summed E-state index contributed by atoms with van der Waals surface area (Å²) >= 11 is 0. The van der Waals surface area contributed by atoms with E-state index in [1.165, 1.54) is 6.20 Å². The minimum atomic E-state index is -4.39. The van der Waals surface area contributed by atoms with Crippen molar-refractivity contribution in [3.63, 3.8) is 0 Å². The highest BCUT2D eigenvalue weighted by Crippen LogP contribution is 2.51. The number of nitrogens with zero attached hydrogens (tertiary/aromatic N) is 1. The number of para-hydroxylation sites is 2. The average molecular weight is 314 g/mol. The Morgan fingerprint density at radius 2 is 1.68 bits per heavy atom. The van der Waals surface area contributed by atoms with Crippen molar-refractivity contribution >= 4 is 24.2 Å². The molecule has 0 aliphatic heterocycles. The highest BCUT2D eigenvalue weighted by atomic mass is 31.2. The van der Waals surface area contributed by atoms with E-state index in [-0.39, 0.29) is 0 Å². The lowest BCUT2D eigenvalue weighted by atomic mass is 10.1. The Bertz CT molecular complexity index is 833. The molecule has 0 saturated heterocycles. The molecule has 0 saturated carbocycles. The third kappa shape index (κ3) is 3.17. The van der Waals surface area contributed by atoms with Crippen LogP contribution in [0.3, 0.4) is 0 Å². The summed E-state index contributed by atoms with van der Waals surface area (Å²) in [6.07, 6.45) is 1.50. The van der Waals surface area contributed by atoms with Gasteiger partial charge in [-0.2, -0.15) is 0 Å². The quantitative estimate of drug-likeness (QED) is 0.642. The number of hydrogen-bond acceptors (Lipinski definition) is 3. The van der Waals surface area contributed by atoms with E-state index < -0.39 is 13.4 Å². The first-order valence-corrected chi connectivity index (χ1v) is 8.44. The molecule has 1 unspecified atom stereocenters. The summed E-state index contributed by atoms with van der Waals surface area (Å²) in [6.45, 7) is 0. The van der Waals surface area contributed by atoms with Crippen molar-refractivity contribution < 1.29 is 14.4 Å². The van der Waals surface area contributed by atoms with Crippen LogP contribution in [0.1, 0.15) is 11.3 Å². The number of benzene rings is 2. The fourth-order valence-electron chi connectivity index (χ4n) is 2.29. The molecule has 3 N–H and O–H groups in total. The van der Waals surface area contributed by atoms with Gasteiger partial charge in [-0.15, -0.1) is 0 Å². The molecule has 0 spiro atoms. The molecule has 3 rings (SSSR count). The standard InChI is InChI=1S/C16H15N2O3P/c19-22(20,21)16(18-14-7-2-1-3-8-14)13-10-12-6-4-5-9-15(12)17-11-13/h1-11,16,18H,(H2,19,20,21). The van der Waals surface area contributed by atoms with Crippen molar-refractivity contribution in [3.8, 4) is 0 Å². The smallest absolute Gasteiger partial charge is 0.352 e. The zero-order chi connectivity index (χ0) is 15.6. The van der Waals surface area contributed by atoms with E-state index in [4.69, 9.17) is 0 Å². The van der Waals surface area contributed by atoms with Crippen LogP contribution >= 0.6 is 7.60 Å². The number of anilines is 1. The Kier molecular flexibility index (Phi) is 3.94. The van der Waals surface area contributed by atoms with E-state index >= 15 is 0 Å². The van der Waals surface area contributed by atoms with Gasteiger partial charge in [-0.25, -0.2) is 0 Å². The normalized spacial score (nSPS) is 13.0. The monoisotopic (exact) mass is 314 g/mol. The molecular weight excluding hydrogens is 299 g/mol. The third-order valence-electron chi connectivity index (χ3n) is 3.34. The van der Waals surface area contributed by atoms with Crippen LogP contribution in [0.4, 0.5) is 5.69 Å². The van der Waals surface area contributed by atoms with E-state index in [0.717, 1.165) is 10.9 Å². The van der Waals surface area contributed by atoms with Gasteiger partial charge in [0.2, 0.25) is 0 Å². The topological polar surface area (TPSA) is 82.5 Å². The van der Waals surface area contributed by atoms with Crippen molar-refractivity contribution in [1.82, 2.24) is 4.98 Å². The van der Waals surface area contributed by atoms with Gasteiger partial charge in [-0.1, -0.05) is 36.4 Å². The molecule has 22 heavy (non-hydrogen) atoms. The zero-order valence-corrected chi connectivity index (χ0v) is 12.5. The molecule has 0 fully saturated rings. The second-order valence-electron chi connectivity index (χ2n) is 4.96. The summed E-state index contributed by atoms with van der Waals surface area (Å²) < 4.78 is 11.9. The van der Waals surface area contributed by atoms with Crippen molar-refractivity contribution in [2.45, 2.75) is 5.78 Å². The molecule has 1 atom stereocenters. The molecule has 1 aromatic heterocycles. The minimum Gasteiger partial charge on any atom is -0.368 e. The summed E-state index contributed by atoms with van der Waals surface area (Å²) in [7, 11) is -4.39. The van der Waals surface area contributed by atoms with E-state index in [9.17, 15) is 14.4 Å². The lowest BCUT2D eigenvalue weighted by Crippen LogP contribution is -2.11. The average Bonchev–Trinajstić information content (AvgIpc) is 2.52. The maximum Gasteiger partial charge on any atom is 0.352 e. The number of hydrogen-bond donors (Lipinski definition) is 3. The minimum absolute atomic E-state index is 0.455. The molecule has 6 heteroatoms. The summed E-state index contributed by atoms with van der Waals surface area (Å²) in [5, 5.41) is 3.74. The van der Waals surface area contributed by atoms with Gasteiger partial charge in [0, 0.05) is 22.8 Å². The first-order valence-electron chi connectivity index (χ1n) is 6.75. The van der Waals surface area contributed by atoms with Crippen LogP contribution in [0.2, 0.25) is 0 Å². The second kappa shape index (κ2) is 5.89. The number of nitrogens with one attached hydrogen (secondary N) is 1. The molecule has 0 aliphatic rings. The molecule has 112 valence electrons. The zero-order valence-electron chi connectivity index (χ0n) is 11.6. The first-order chi connectivity index (χ1) is 10.5. The maximum absolute atomic E-state index is 11.9. The van der Waals surface area contributed by atoms with Gasteiger partial charge in [0.1, 0.15) is 0 Å². The largest absolute Gasteiger partial charge is 0.368 e. The molecular formula is C16H15N2O3P. The summed E-state index contributed by atoms with van der Waals surface area (Å²) in [6, 6.07) is 18.2. The van der Waals surface area contributed by atoms with Crippen molar-refractivity contribution in [3.05, 3.63) is 72.4 Å². The lowest BCUT2D eigenvalue weighted by Gasteiger charge is -2.21. The van der Waals surface area contributed by atoms with Crippen molar-refractivity contribution in [2.24, 2.45) is 0 Å². The van der Waals surface area contributed by atoms with Gasteiger partial charge < -0.3 is 15.1 Å². The molecule has 0 aliphatic carbocycles. The van der Waals surface area contributed by atoms with Gasteiger partial charge in [-0.05, 0) is 24.3 Å². The summed E-state index contributed by atoms with van der Waals surface area (Å²) in [5.41, 5.74) is 1.88. The number of pyridine rings is 1. The van der Waals surface area contributed by atoms with Gasteiger partial charge in [0.05, 0.1) is 5.52 Å². The lowest BCUT2D eigenvalue weighted by molar-refractivity contribution is 0.363. The SMILES string of the molecule is O=P(O)(O)C(Nc1ccccc1)c1cnc2ccccc2c1. The summed E-state index contributed by atoms with van der Waals surface area (Å²) in [5.74, 6) is -1.13. The Labute approximate surface area is 127 Å². The van der Waals surface area contributed by atoms with Crippen LogP contribution in [-0.2, 0) is 4.57 Å². The van der Waals surface area contributed by atoms with Crippen molar-refractivity contribution in [2.75, 3.05) is 5.32 Å². The van der Waals surface area contributed by atoms with Crippen LogP contribution in [0.25, 0.3) is 10.9 Å². The van der Waals surface area contributed by atoms with Gasteiger partial charge in [-0.3, -0.25) is 9.55 Å². The summed E-state index contributed by atoms with van der Waals surface area (Å²) in [4.78, 5) is 23.6. The molecule has 0 bridgehead atoms. The van der Waals surface area contributed by atoms with E-state index in [1.54, 1.807) is 30.3 Å². The predicted octanol–water partition coefficient (Wildman–Crippen LogP) is 3.52. The predicted molar refractivity (Wildman–Crippen MR) is 86.6 cm³/mol. The highest BCUT2D eigenvalue weighted by molar-refractivity contribution is 7.52. The van der Waals surface area contributed by atoms with E-state index in [1.807, 2.05) is 30.3 Å². The number of rotatable bonds is 4. The van der Waals surface area contributed by atoms with Crippen LogP contribution in [0.5, 0.6) is 0 Å². The van der Waals surface area contributed by atoms with Gasteiger partial charge in [0.25, 0.3) is 0 Å². The van der Waals surface area contributed by atoms with Crippen molar-refractivity contribution in [1.29, 1.82) is 0 Å². The molecule has 3 aromatic rings. The molecule has 2 aromatic carbocycles. The van der Waals surface area contributed by atoms with Crippen LogP contribution < -0.4 is 5.32 Å². The van der Waals surface area contributed by atoms with E-state index in [0.29, 0.717) is 11.3 Å². The molecule has 5 nitrogen and oxygen atoms in total. The molecule has 0 radical (unpaired) electrons. The first kappa shape index (κ1) is 14.7. The Balaban J connectivity index is 2.02. The van der Waals surface area contributed by atoms with Crippen LogP contribution in [0, 0.1) is 0 Å². The fourth-order valence-corrected chi connectivity index (χ4v) is 3.14. The Hall–Kier alpha value is -2.20. The maximum atomic E-state index is 11.9. The third-order valence-corrected chi connectivity index (χ3v) is 4.44. The Morgan fingerprint density at radius 1 is 1.00 bits per heavy atom. The Morgan fingerprint density at radius 3 is 2.41 bits per heavy atom. The second-order valence-corrected chi connectivity index (χ2v) is 6.66. The van der Waals surface area contributed by atoms with Gasteiger partial charge >= 0.3 is 7.60 Å². The molecule has 1 heterocycles. The fraction of sp³-hybridized carbons (Fsp3) is 0.0625. The van der Waals surface area contributed by atoms with E-state index in [2.05, 4.69) is 10.3 Å². The van der Waals surface area contributed by atoms with Crippen LogP contribution in [-0.4, -0.2) is 14.8 Å². The number of aromatic nitrogens is 1. The van der Waals surface area contributed by atoms with Gasteiger partial charge in [0.15, 0.2) is 5.78 Å². The molecule has 0 amide bonds.